The molecule has 0 bridgehead atoms. The van der Waals surface area contributed by atoms with E-state index in [-0.39, 0.29) is 11.3 Å². The first-order chi connectivity index (χ1) is 8.44. The highest BCUT2D eigenvalue weighted by molar-refractivity contribution is 9.10. The number of rotatable bonds is 2. The number of hydrogen-bond donors (Lipinski definition) is 1. The Morgan fingerprint density at radius 1 is 1.56 bits per heavy atom. The molecule has 0 saturated heterocycles. The predicted octanol–water partition coefficient (Wildman–Crippen LogP) is 3.68. The van der Waals surface area contributed by atoms with E-state index in [9.17, 15) is 9.18 Å². The molecule has 4 heteroatoms. The maximum atomic E-state index is 14.0. The van der Waals surface area contributed by atoms with E-state index in [1.54, 1.807) is 12.1 Å². The van der Waals surface area contributed by atoms with Crippen molar-refractivity contribution in [2.24, 2.45) is 11.7 Å². The van der Waals surface area contributed by atoms with Crippen LogP contribution >= 0.6 is 15.9 Å². The van der Waals surface area contributed by atoms with Crippen LogP contribution in [0.4, 0.5) is 4.39 Å². The summed E-state index contributed by atoms with van der Waals surface area (Å²) >= 11 is 3.10. The fourth-order valence-corrected chi connectivity index (χ4v) is 3.11. The molecule has 0 heterocycles. The number of carbonyl (C=O) groups excluding carboxylic acids is 1. The lowest BCUT2D eigenvalue weighted by atomic mass is 9.73. The second-order valence-electron chi connectivity index (χ2n) is 5.29. The third-order valence-electron chi connectivity index (χ3n) is 3.68. The second-order valence-corrected chi connectivity index (χ2v) is 6.14. The van der Waals surface area contributed by atoms with Gasteiger partial charge in [0.2, 0.25) is 0 Å². The van der Waals surface area contributed by atoms with Gasteiger partial charge in [0.25, 0.3) is 0 Å². The molecule has 2 rings (SSSR count). The summed E-state index contributed by atoms with van der Waals surface area (Å²) in [5.74, 6) is -0.360. The van der Waals surface area contributed by atoms with Gasteiger partial charge in [-0.25, -0.2) is 4.39 Å². The molecule has 0 radical (unpaired) electrons. The minimum absolute atomic E-state index is 0.0981. The van der Waals surface area contributed by atoms with E-state index in [0.717, 1.165) is 12.8 Å². The number of nitrogens with two attached hydrogens (primary N) is 1. The lowest BCUT2D eigenvalue weighted by Crippen LogP contribution is -2.51. The smallest absolute Gasteiger partial charge is 0.185 e. The van der Waals surface area contributed by atoms with Crippen molar-refractivity contribution >= 4 is 21.7 Å². The molecule has 2 atom stereocenters. The molecule has 2 N–H and O–H groups in total. The van der Waals surface area contributed by atoms with Crippen molar-refractivity contribution in [2.45, 2.75) is 38.1 Å². The molecule has 1 saturated carbocycles. The third-order valence-corrected chi connectivity index (χ3v) is 4.29. The fraction of sp³-hybridized carbons (Fsp3) is 0.500. The Kier molecular flexibility index (Phi) is 3.87. The van der Waals surface area contributed by atoms with Gasteiger partial charge in [0.1, 0.15) is 5.82 Å². The zero-order valence-corrected chi connectivity index (χ0v) is 12.0. The van der Waals surface area contributed by atoms with Crippen LogP contribution in [0.2, 0.25) is 0 Å². The monoisotopic (exact) mass is 313 g/mol. The van der Waals surface area contributed by atoms with E-state index in [4.69, 9.17) is 5.73 Å². The van der Waals surface area contributed by atoms with Gasteiger partial charge in [-0.2, -0.15) is 0 Å². The van der Waals surface area contributed by atoms with Gasteiger partial charge in [0.05, 0.1) is 15.6 Å². The number of carbonyl (C=O) groups is 1. The van der Waals surface area contributed by atoms with Crippen LogP contribution < -0.4 is 5.73 Å². The Labute approximate surface area is 115 Å². The van der Waals surface area contributed by atoms with Crippen LogP contribution in [0.3, 0.4) is 0 Å². The van der Waals surface area contributed by atoms with E-state index in [2.05, 4.69) is 22.9 Å². The van der Waals surface area contributed by atoms with Crippen molar-refractivity contribution < 1.29 is 9.18 Å². The number of ketones is 1. The zero-order valence-electron chi connectivity index (χ0n) is 10.4. The Morgan fingerprint density at radius 2 is 2.28 bits per heavy atom. The first-order valence-electron chi connectivity index (χ1n) is 6.22. The average Bonchev–Trinajstić information content (AvgIpc) is 2.31. The van der Waals surface area contributed by atoms with E-state index >= 15 is 0 Å². The molecule has 0 aliphatic heterocycles. The number of hydrogen-bond acceptors (Lipinski definition) is 2. The largest absolute Gasteiger partial charge is 0.319 e. The van der Waals surface area contributed by atoms with Crippen LogP contribution in [0.25, 0.3) is 0 Å². The number of halogens is 2. The van der Waals surface area contributed by atoms with E-state index in [0.29, 0.717) is 23.2 Å². The number of Topliss-reactive ketones (excluding diaryl/α,β-unsaturated/α-hetero) is 1. The number of benzene rings is 1. The van der Waals surface area contributed by atoms with Crippen LogP contribution in [0, 0.1) is 11.7 Å². The van der Waals surface area contributed by atoms with Crippen molar-refractivity contribution in [3.05, 3.63) is 34.1 Å². The lowest BCUT2D eigenvalue weighted by molar-refractivity contribution is 0.0815. The molecule has 2 unspecified atom stereocenters. The van der Waals surface area contributed by atoms with Gasteiger partial charge in [-0.3, -0.25) is 4.79 Å². The summed E-state index contributed by atoms with van der Waals surface area (Å²) < 4.78 is 14.3. The SMILES string of the molecule is CC1CCCC(N)(C(=O)c2cccc(Br)c2F)C1. The summed E-state index contributed by atoms with van der Waals surface area (Å²) in [6.45, 7) is 2.09. The molecule has 1 aromatic rings. The summed E-state index contributed by atoms with van der Waals surface area (Å²) in [7, 11) is 0. The van der Waals surface area contributed by atoms with Crippen molar-refractivity contribution in [1.82, 2.24) is 0 Å². The Bertz CT molecular complexity index is 477. The minimum Gasteiger partial charge on any atom is -0.319 e. The summed E-state index contributed by atoms with van der Waals surface area (Å²) in [5, 5.41) is 0. The van der Waals surface area contributed by atoms with Gasteiger partial charge in [-0.1, -0.05) is 25.8 Å². The molecule has 1 aromatic carbocycles. The first-order valence-corrected chi connectivity index (χ1v) is 7.01. The van der Waals surface area contributed by atoms with Crippen LogP contribution in [0.1, 0.15) is 43.0 Å². The molecule has 1 fully saturated rings. The van der Waals surface area contributed by atoms with Crippen LogP contribution in [-0.2, 0) is 0 Å². The predicted molar refractivity (Wildman–Crippen MR) is 73.0 cm³/mol. The highest BCUT2D eigenvalue weighted by atomic mass is 79.9. The molecular formula is C14H17BrFNO. The standard InChI is InChI=1S/C14H17BrFNO/c1-9-4-3-7-14(17,8-9)13(18)10-5-2-6-11(15)12(10)16/h2,5-6,9H,3-4,7-8,17H2,1H3. The normalized spacial score (nSPS) is 28.1. The maximum absolute atomic E-state index is 14.0. The summed E-state index contributed by atoms with van der Waals surface area (Å²) in [4.78, 5) is 12.5. The summed E-state index contributed by atoms with van der Waals surface area (Å²) in [6, 6.07) is 4.76. The molecule has 0 spiro atoms. The van der Waals surface area contributed by atoms with E-state index in [1.165, 1.54) is 6.07 Å². The highest BCUT2D eigenvalue weighted by Gasteiger charge is 2.39. The Morgan fingerprint density at radius 3 is 2.94 bits per heavy atom. The van der Waals surface area contributed by atoms with Crippen LogP contribution in [0.5, 0.6) is 0 Å². The topological polar surface area (TPSA) is 43.1 Å². The van der Waals surface area contributed by atoms with E-state index in [1.807, 2.05) is 0 Å². The molecule has 98 valence electrons. The summed E-state index contributed by atoms with van der Waals surface area (Å²) in [5.41, 5.74) is 5.41. The molecule has 0 amide bonds. The molecule has 1 aliphatic carbocycles. The van der Waals surface area contributed by atoms with E-state index < -0.39 is 11.4 Å². The zero-order chi connectivity index (χ0) is 13.3. The van der Waals surface area contributed by atoms with Crippen molar-refractivity contribution in [2.75, 3.05) is 0 Å². The maximum Gasteiger partial charge on any atom is 0.185 e. The quantitative estimate of drug-likeness (QED) is 0.846. The third kappa shape index (κ3) is 2.50. The molecular weight excluding hydrogens is 297 g/mol. The first kappa shape index (κ1) is 13.7. The van der Waals surface area contributed by atoms with Crippen molar-refractivity contribution in [3.8, 4) is 0 Å². The Balaban J connectivity index is 2.33. The Hall–Kier alpha value is -0.740. The van der Waals surface area contributed by atoms with Crippen LogP contribution in [0.15, 0.2) is 22.7 Å². The van der Waals surface area contributed by atoms with Gasteiger partial charge in [-0.05, 0) is 46.8 Å². The van der Waals surface area contributed by atoms with Gasteiger partial charge in [0, 0.05) is 0 Å². The molecule has 18 heavy (non-hydrogen) atoms. The molecule has 1 aliphatic rings. The molecule has 0 aromatic heterocycles. The second kappa shape index (κ2) is 5.10. The van der Waals surface area contributed by atoms with Gasteiger partial charge < -0.3 is 5.73 Å². The van der Waals surface area contributed by atoms with Gasteiger partial charge in [-0.15, -0.1) is 0 Å². The minimum atomic E-state index is -0.903. The average molecular weight is 314 g/mol. The molecule has 2 nitrogen and oxygen atoms in total. The van der Waals surface area contributed by atoms with Gasteiger partial charge in [0.15, 0.2) is 5.78 Å². The van der Waals surface area contributed by atoms with Crippen molar-refractivity contribution in [1.29, 1.82) is 0 Å². The van der Waals surface area contributed by atoms with Gasteiger partial charge >= 0.3 is 0 Å². The fourth-order valence-electron chi connectivity index (χ4n) is 2.75. The van der Waals surface area contributed by atoms with Crippen molar-refractivity contribution in [3.63, 3.8) is 0 Å². The summed E-state index contributed by atoms with van der Waals surface area (Å²) in [6.07, 6.45) is 3.30. The van der Waals surface area contributed by atoms with Crippen LogP contribution in [-0.4, -0.2) is 11.3 Å². The lowest BCUT2D eigenvalue weighted by Gasteiger charge is -2.35. The highest BCUT2D eigenvalue weighted by Crippen LogP contribution is 2.34.